The van der Waals surface area contributed by atoms with E-state index in [0.717, 1.165) is 0 Å². The molecule has 0 bridgehead atoms. The molecule has 1 aromatic rings. The van der Waals surface area contributed by atoms with Crippen LogP contribution >= 0.6 is 0 Å². The summed E-state index contributed by atoms with van der Waals surface area (Å²) in [5.41, 5.74) is 2.92. The number of benzene rings is 1. The van der Waals surface area contributed by atoms with Crippen LogP contribution in [-0.4, -0.2) is 17.4 Å². The van der Waals surface area contributed by atoms with E-state index in [1.807, 2.05) is 6.92 Å². The summed E-state index contributed by atoms with van der Waals surface area (Å²) in [4.78, 5) is 10.2. The zero-order chi connectivity index (χ0) is 12.0. The molecular weight excluding hydrogens is 210 g/mol. The maximum absolute atomic E-state index is 10.7. The number of hydrogen-bond acceptors (Lipinski definition) is 5. The van der Waals surface area contributed by atoms with Crippen molar-refractivity contribution >= 4 is 17.3 Å². The van der Waals surface area contributed by atoms with Gasteiger partial charge in [0.05, 0.1) is 11.5 Å². The average molecular weight is 223 g/mol. The van der Waals surface area contributed by atoms with Crippen LogP contribution in [0.5, 0.6) is 0 Å². The number of nitrogens with zero attached hydrogens (tertiary/aromatic N) is 2. The number of ether oxygens (including phenoxy) is 1. The highest BCUT2D eigenvalue weighted by atomic mass is 16.6. The van der Waals surface area contributed by atoms with Gasteiger partial charge >= 0.3 is 0 Å². The highest BCUT2D eigenvalue weighted by molar-refractivity contribution is 5.75. The molecular formula is C10H13N3O3. The van der Waals surface area contributed by atoms with Crippen molar-refractivity contribution in [2.45, 2.75) is 13.8 Å². The first-order chi connectivity index (χ1) is 7.65. The monoisotopic (exact) mass is 223 g/mol. The van der Waals surface area contributed by atoms with Crippen LogP contribution in [0.4, 0.5) is 11.4 Å². The third-order valence-corrected chi connectivity index (χ3v) is 1.79. The van der Waals surface area contributed by atoms with Gasteiger partial charge in [-0.25, -0.2) is 0 Å². The molecule has 0 saturated heterocycles. The largest absolute Gasteiger partial charge is 0.480 e. The lowest BCUT2D eigenvalue weighted by atomic mass is 10.3. The van der Waals surface area contributed by atoms with Crippen molar-refractivity contribution in [3.63, 3.8) is 0 Å². The second-order valence-corrected chi connectivity index (χ2v) is 2.95. The van der Waals surface area contributed by atoms with E-state index in [4.69, 9.17) is 4.74 Å². The summed E-state index contributed by atoms with van der Waals surface area (Å²) >= 11 is 0. The number of anilines is 1. The predicted molar refractivity (Wildman–Crippen MR) is 61.5 cm³/mol. The Kier molecular flexibility index (Phi) is 4.26. The minimum Gasteiger partial charge on any atom is -0.480 e. The van der Waals surface area contributed by atoms with Crippen LogP contribution in [0.3, 0.4) is 0 Å². The normalized spacial score (nSPS) is 11.0. The quantitative estimate of drug-likeness (QED) is 0.368. The summed E-state index contributed by atoms with van der Waals surface area (Å²) in [7, 11) is 0. The lowest BCUT2D eigenvalue weighted by Gasteiger charge is -2.04. The Balaban J connectivity index is 2.81. The highest BCUT2D eigenvalue weighted by Gasteiger charge is 2.11. The number of para-hydroxylation sites is 2. The van der Waals surface area contributed by atoms with Crippen LogP contribution in [0.2, 0.25) is 0 Å². The number of nitrogens with one attached hydrogen (secondary N) is 1. The number of hydrogen-bond donors (Lipinski definition) is 1. The van der Waals surface area contributed by atoms with Gasteiger partial charge in [-0.3, -0.25) is 15.5 Å². The fourth-order valence-corrected chi connectivity index (χ4v) is 1.11. The SMILES string of the molecule is CCOC(C)=NNc1ccccc1[N+](=O)[O-]. The summed E-state index contributed by atoms with van der Waals surface area (Å²) in [6, 6.07) is 6.29. The topological polar surface area (TPSA) is 76.8 Å². The second-order valence-electron chi connectivity index (χ2n) is 2.95. The smallest absolute Gasteiger partial charge is 0.294 e. The standard InChI is InChI=1S/C10H13N3O3/c1-3-16-8(2)11-12-9-6-4-5-7-10(9)13(14)15/h4-7,12H,3H2,1-2H3. The number of nitro benzene ring substituents is 1. The Labute approximate surface area is 93.1 Å². The molecule has 1 rings (SSSR count). The van der Waals surface area contributed by atoms with Crippen molar-refractivity contribution in [3.05, 3.63) is 34.4 Å². The molecule has 1 N–H and O–H groups in total. The van der Waals surface area contributed by atoms with Gasteiger partial charge in [-0.05, 0) is 13.0 Å². The average Bonchev–Trinajstić information content (AvgIpc) is 2.27. The third kappa shape index (κ3) is 3.23. The van der Waals surface area contributed by atoms with E-state index < -0.39 is 4.92 Å². The van der Waals surface area contributed by atoms with Gasteiger partial charge < -0.3 is 4.74 Å². The Bertz CT molecular complexity index is 404. The van der Waals surface area contributed by atoms with Gasteiger partial charge in [0, 0.05) is 13.0 Å². The lowest BCUT2D eigenvalue weighted by molar-refractivity contribution is -0.384. The Morgan fingerprint density at radius 3 is 2.88 bits per heavy atom. The molecule has 0 atom stereocenters. The number of hydrazone groups is 1. The summed E-state index contributed by atoms with van der Waals surface area (Å²) < 4.78 is 5.08. The first kappa shape index (κ1) is 12.0. The summed E-state index contributed by atoms with van der Waals surface area (Å²) in [6.45, 7) is 4.02. The van der Waals surface area contributed by atoms with Crippen molar-refractivity contribution in [1.29, 1.82) is 0 Å². The fraction of sp³-hybridized carbons (Fsp3) is 0.300. The molecule has 0 aliphatic carbocycles. The molecule has 6 heteroatoms. The van der Waals surface area contributed by atoms with Gasteiger partial charge in [0.2, 0.25) is 5.90 Å². The first-order valence-electron chi connectivity index (χ1n) is 4.81. The van der Waals surface area contributed by atoms with Gasteiger partial charge in [-0.1, -0.05) is 12.1 Å². The van der Waals surface area contributed by atoms with Gasteiger partial charge in [-0.15, -0.1) is 5.10 Å². The summed E-state index contributed by atoms with van der Waals surface area (Å²) in [6.07, 6.45) is 0. The summed E-state index contributed by atoms with van der Waals surface area (Å²) in [5, 5.41) is 14.5. The molecule has 0 aliphatic heterocycles. The van der Waals surface area contributed by atoms with E-state index in [-0.39, 0.29) is 5.69 Å². The van der Waals surface area contributed by atoms with Crippen LogP contribution in [0.25, 0.3) is 0 Å². The second kappa shape index (κ2) is 5.69. The molecule has 0 spiro atoms. The maximum atomic E-state index is 10.7. The molecule has 0 saturated carbocycles. The van der Waals surface area contributed by atoms with Crippen molar-refractivity contribution in [2.24, 2.45) is 5.10 Å². The van der Waals surface area contributed by atoms with Crippen LogP contribution < -0.4 is 5.43 Å². The number of nitro groups is 1. The van der Waals surface area contributed by atoms with Gasteiger partial charge in [-0.2, -0.15) is 0 Å². The van der Waals surface area contributed by atoms with Gasteiger partial charge in [0.25, 0.3) is 5.69 Å². The minimum absolute atomic E-state index is 0.0180. The van der Waals surface area contributed by atoms with Crippen LogP contribution in [0.15, 0.2) is 29.4 Å². The van der Waals surface area contributed by atoms with Crippen LogP contribution in [0, 0.1) is 10.1 Å². The first-order valence-corrected chi connectivity index (χ1v) is 4.81. The van der Waals surface area contributed by atoms with E-state index in [9.17, 15) is 10.1 Å². The van der Waals surface area contributed by atoms with Crippen molar-refractivity contribution in [3.8, 4) is 0 Å². The molecule has 0 aliphatic rings. The lowest BCUT2D eigenvalue weighted by Crippen LogP contribution is -2.03. The molecule has 1 aromatic carbocycles. The number of rotatable bonds is 4. The van der Waals surface area contributed by atoms with Crippen molar-refractivity contribution in [1.82, 2.24) is 0 Å². The minimum atomic E-state index is -0.464. The van der Waals surface area contributed by atoms with Gasteiger partial charge in [0.1, 0.15) is 5.69 Å². The van der Waals surface area contributed by atoms with E-state index in [1.165, 1.54) is 6.07 Å². The molecule has 0 fully saturated rings. The molecule has 0 aromatic heterocycles. The molecule has 0 amide bonds. The third-order valence-electron chi connectivity index (χ3n) is 1.79. The van der Waals surface area contributed by atoms with Gasteiger partial charge in [0.15, 0.2) is 0 Å². The van der Waals surface area contributed by atoms with Crippen molar-refractivity contribution in [2.75, 3.05) is 12.0 Å². The van der Waals surface area contributed by atoms with E-state index in [1.54, 1.807) is 25.1 Å². The molecule has 16 heavy (non-hydrogen) atoms. The fourth-order valence-electron chi connectivity index (χ4n) is 1.11. The zero-order valence-corrected chi connectivity index (χ0v) is 9.14. The highest BCUT2D eigenvalue weighted by Crippen LogP contribution is 2.22. The Morgan fingerprint density at radius 2 is 2.25 bits per heavy atom. The maximum Gasteiger partial charge on any atom is 0.294 e. The van der Waals surface area contributed by atoms with E-state index in [2.05, 4.69) is 10.5 Å². The van der Waals surface area contributed by atoms with Crippen LogP contribution in [0.1, 0.15) is 13.8 Å². The summed E-state index contributed by atoms with van der Waals surface area (Å²) in [5.74, 6) is 0.431. The Hall–Kier alpha value is -2.11. The molecule has 6 nitrogen and oxygen atoms in total. The van der Waals surface area contributed by atoms with Crippen molar-refractivity contribution < 1.29 is 9.66 Å². The van der Waals surface area contributed by atoms with Crippen LogP contribution in [-0.2, 0) is 4.74 Å². The molecule has 0 heterocycles. The predicted octanol–water partition coefficient (Wildman–Crippen LogP) is 2.38. The van der Waals surface area contributed by atoms with E-state index in [0.29, 0.717) is 18.2 Å². The molecule has 86 valence electrons. The van der Waals surface area contributed by atoms with E-state index >= 15 is 0 Å². The molecule has 0 unspecified atom stereocenters. The Morgan fingerprint density at radius 1 is 1.56 bits per heavy atom. The molecule has 0 radical (unpaired) electrons. The zero-order valence-electron chi connectivity index (χ0n) is 9.14.